The van der Waals surface area contributed by atoms with Gasteiger partial charge in [0.15, 0.2) is 6.34 Å². The van der Waals surface area contributed by atoms with Gasteiger partial charge < -0.3 is 4.58 Å². The molecule has 0 aromatic rings. The molecule has 1 radical (unpaired) electrons. The minimum Gasteiger partial charge on any atom is -0.403 e. The first kappa shape index (κ1) is 8.44. The Hall–Kier alpha value is 0.444. The molecule has 0 aliphatic rings. The van der Waals surface area contributed by atoms with Gasteiger partial charge in [-0.05, 0) is 1.37 Å². The Morgan fingerprint density at radius 2 is 2.38 bits per heavy atom. The fraction of sp³-hybridized carbons (Fsp3) is 0.600. The summed E-state index contributed by atoms with van der Waals surface area (Å²) >= 11 is 0. The van der Waals surface area contributed by atoms with Crippen molar-refractivity contribution in [3.8, 4) is 0 Å². The first-order valence-corrected chi connectivity index (χ1v) is 2.07. The Kier molecular flexibility index (Phi) is 7.86. The molecule has 0 amide bonds. The van der Waals surface area contributed by atoms with E-state index in [-0.39, 0.29) is 32.7 Å². The second kappa shape index (κ2) is 7.44. The molecule has 0 bridgehead atoms. The van der Waals surface area contributed by atoms with E-state index in [2.05, 4.69) is 11.3 Å². The van der Waals surface area contributed by atoms with Crippen LogP contribution in [0.1, 0.15) is 8.29 Å². The van der Waals surface area contributed by atoms with Crippen molar-refractivity contribution in [3.05, 3.63) is 0 Å². The van der Waals surface area contributed by atoms with Gasteiger partial charge in [-0.15, -0.1) is 0 Å². The molecular weight excluding hydrogens is 177 g/mol. The number of nitrogens with zero attached hydrogens (tertiary/aromatic N) is 2. The second-order valence-electron chi connectivity index (χ2n) is 1.11. The maximum Gasteiger partial charge on any atom is 0.175 e. The van der Waals surface area contributed by atoms with Crippen LogP contribution in [0.5, 0.6) is 0 Å². The second-order valence-corrected chi connectivity index (χ2v) is 1.11. The third-order valence-electron chi connectivity index (χ3n) is 0.585. The molecule has 3 heteroatoms. The number of rotatable bonds is 1. The topological polar surface area (TPSA) is 15.4 Å². The van der Waals surface area contributed by atoms with Crippen LogP contribution in [0.3, 0.4) is 0 Å². The average molecular weight is 188 g/mol. The summed E-state index contributed by atoms with van der Waals surface area (Å²) in [6.45, 7) is 1.68. The van der Waals surface area contributed by atoms with Gasteiger partial charge in [0, 0.05) is 39.8 Å². The zero-order valence-corrected chi connectivity index (χ0v) is 8.31. The van der Waals surface area contributed by atoms with Gasteiger partial charge >= 0.3 is 0 Å². The molecule has 0 saturated heterocycles. The fourth-order valence-electron chi connectivity index (χ4n) is 0.200. The summed E-state index contributed by atoms with van der Waals surface area (Å²) in [4.78, 5) is 3.59. The van der Waals surface area contributed by atoms with Gasteiger partial charge in [0.25, 0.3) is 0 Å². The van der Waals surface area contributed by atoms with Crippen LogP contribution in [-0.2, 0) is 32.7 Å². The molecule has 0 aromatic heterocycles. The Bertz CT molecular complexity index is 127. The van der Waals surface area contributed by atoms with Gasteiger partial charge in [0.2, 0.25) is 0 Å². The SMILES string of the molecule is [2H]C(C)=[N+](C)[C-]=NC.[Y]. The zero-order chi connectivity index (χ0) is 6.57. The zero-order valence-electron chi connectivity index (χ0n) is 6.47. The monoisotopic (exact) mass is 188 g/mol. The largest absolute Gasteiger partial charge is 0.403 e. The first-order valence-electron chi connectivity index (χ1n) is 2.57. The van der Waals surface area contributed by atoms with Crippen molar-refractivity contribution in [3.63, 3.8) is 0 Å². The fourth-order valence-corrected chi connectivity index (χ4v) is 0.200. The summed E-state index contributed by atoms with van der Waals surface area (Å²) in [5, 5.41) is 0. The Balaban J connectivity index is 0. The van der Waals surface area contributed by atoms with Crippen molar-refractivity contribution in [1.29, 1.82) is 0 Å². The first-order chi connectivity index (χ1) is 3.68. The van der Waals surface area contributed by atoms with Crippen molar-refractivity contribution in [2.75, 3.05) is 14.1 Å². The van der Waals surface area contributed by atoms with Crippen molar-refractivity contribution in [2.24, 2.45) is 4.99 Å². The van der Waals surface area contributed by atoms with Crippen LogP contribution in [0.4, 0.5) is 0 Å². The van der Waals surface area contributed by atoms with E-state index in [1.807, 2.05) is 0 Å². The predicted octanol–water partition coefficient (Wildman–Crippen LogP) is 0.252. The predicted molar refractivity (Wildman–Crippen MR) is 31.3 cm³/mol. The van der Waals surface area contributed by atoms with Gasteiger partial charge in [-0.2, -0.15) is 4.99 Å². The van der Waals surface area contributed by atoms with Gasteiger partial charge in [0.05, 0.1) is 7.05 Å². The third-order valence-corrected chi connectivity index (χ3v) is 0.585. The smallest absolute Gasteiger partial charge is 0.175 e. The molecule has 0 aliphatic heterocycles. The van der Waals surface area contributed by atoms with Gasteiger partial charge in [0.1, 0.15) is 0 Å². The maximum atomic E-state index is 7.01. The average Bonchev–Trinajstić information content (AvgIpc) is 1.67. The molecule has 0 spiro atoms. The summed E-state index contributed by atoms with van der Waals surface area (Å²) in [5.74, 6) is 0. The minimum atomic E-state index is 0. The van der Waals surface area contributed by atoms with Crippen LogP contribution < -0.4 is 0 Å². The van der Waals surface area contributed by atoms with Crippen LogP contribution in [0.2, 0.25) is 0 Å². The van der Waals surface area contributed by atoms with Crippen LogP contribution in [-0.4, -0.2) is 31.2 Å². The van der Waals surface area contributed by atoms with Gasteiger partial charge in [-0.25, -0.2) is 0 Å². The van der Waals surface area contributed by atoms with Crippen LogP contribution in [0.25, 0.3) is 0 Å². The normalized spacial score (nSPS) is 14.6. The standard InChI is InChI=1S/C5H10N2.Y/c1-4-7(3)5-6-2;/h4H,1-3H3;/i4D;. The van der Waals surface area contributed by atoms with E-state index in [4.69, 9.17) is 1.37 Å². The van der Waals surface area contributed by atoms with Crippen LogP contribution >= 0.6 is 0 Å². The minimum absolute atomic E-state index is 0. The number of hydrogen-bond acceptors (Lipinski definition) is 1. The molecule has 0 aromatic carbocycles. The number of aliphatic imine (C=N–C) groups is 1. The Morgan fingerprint density at radius 1 is 1.88 bits per heavy atom. The molecule has 0 N–H and O–H groups in total. The Labute approximate surface area is 77.0 Å². The quantitative estimate of drug-likeness (QED) is 0.184. The molecule has 0 heterocycles. The molecule has 2 nitrogen and oxygen atoms in total. The molecule has 0 aliphatic carbocycles. The molecule has 0 fully saturated rings. The third kappa shape index (κ3) is 6.44. The van der Waals surface area contributed by atoms with Crippen molar-refractivity contribution in [1.82, 2.24) is 0 Å². The van der Waals surface area contributed by atoms with E-state index in [1.54, 1.807) is 21.0 Å². The summed E-state index contributed by atoms with van der Waals surface area (Å²) in [6, 6.07) is 0. The van der Waals surface area contributed by atoms with Crippen LogP contribution in [0, 0.1) is 0 Å². The van der Waals surface area contributed by atoms with Gasteiger partial charge in [-0.3, -0.25) is 0 Å². The summed E-state index contributed by atoms with van der Waals surface area (Å²) in [6.07, 6.45) is 3.02. The Morgan fingerprint density at radius 3 is 2.50 bits per heavy atom. The summed E-state index contributed by atoms with van der Waals surface area (Å²) < 4.78 is 8.52. The maximum absolute atomic E-state index is 7.01. The van der Waals surface area contributed by atoms with Crippen LogP contribution in [0.15, 0.2) is 4.99 Å². The van der Waals surface area contributed by atoms with E-state index in [0.717, 1.165) is 0 Å². The van der Waals surface area contributed by atoms with Gasteiger partial charge in [-0.1, -0.05) is 13.1 Å². The molecule has 0 unspecified atom stereocenters. The molecule has 0 saturated carbocycles. The molecule has 8 heavy (non-hydrogen) atoms. The summed E-state index contributed by atoms with van der Waals surface area (Å²) in [7, 11) is 3.36. The molecule has 0 atom stereocenters. The van der Waals surface area contributed by atoms with E-state index in [0.29, 0.717) is 6.19 Å². The van der Waals surface area contributed by atoms with E-state index >= 15 is 0 Å². The van der Waals surface area contributed by atoms with Crippen molar-refractivity contribution in [2.45, 2.75) is 6.92 Å². The molecular formula is C5H10N2Y. The summed E-state index contributed by atoms with van der Waals surface area (Å²) in [5.41, 5.74) is 0. The van der Waals surface area contributed by atoms with E-state index < -0.39 is 0 Å². The van der Waals surface area contributed by atoms with Crippen molar-refractivity contribution >= 4 is 12.5 Å². The van der Waals surface area contributed by atoms with Crippen molar-refractivity contribution < 1.29 is 38.7 Å². The molecule has 0 rings (SSSR count). The molecule has 43 valence electrons. The van der Waals surface area contributed by atoms with E-state index in [1.165, 1.54) is 4.58 Å². The number of hydrogen-bond donors (Lipinski definition) is 0. The van der Waals surface area contributed by atoms with E-state index in [9.17, 15) is 0 Å².